The molecule has 0 aliphatic rings. The van der Waals surface area contributed by atoms with E-state index in [1.807, 2.05) is 13.8 Å². The lowest BCUT2D eigenvalue weighted by Gasteiger charge is -2.26. The fourth-order valence-corrected chi connectivity index (χ4v) is 2.18. The number of rotatable bonds is 5. The van der Waals surface area contributed by atoms with Crippen LogP contribution in [0.5, 0.6) is 0 Å². The first-order chi connectivity index (χ1) is 7.82. The molecule has 0 spiro atoms. The largest absolute Gasteiger partial charge is 0.393 e. The third-order valence-electron chi connectivity index (χ3n) is 3.03. The monoisotopic (exact) mass is 236 g/mol. The molecular formula is C15H24O2. The van der Waals surface area contributed by atoms with Crippen molar-refractivity contribution in [3.05, 3.63) is 34.9 Å². The molecule has 1 aromatic rings. The fourth-order valence-electron chi connectivity index (χ4n) is 2.18. The van der Waals surface area contributed by atoms with Crippen molar-refractivity contribution in [1.29, 1.82) is 0 Å². The van der Waals surface area contributed by atoms with Gasteiger partial charge in [0.15, 0.2) is 0 Å². The Kier molecular flexibility index (Phi) is 4.72. The van der Waals surface area contributed by atoms with Crippen LogP contribution in [0.4, 0.5) is 0 Å². The molecule has 1 rings (SSSR count). The number of aryl methyl sites for hydroxylation is 2. The Labute approximate surface area is 105 Å². The van der Waals surface area contributed by atoms with Crippen LogP contribution >= 0.6 is 0 Å². The molecule has 0 heterocycles. The number of aliphatic hydroxyl groups excluding tert-OH is 1. The van der Waals surface area contributed by atoms with Crippen LogP contribution in [0.2, 0.25) is 0 Å². The zero-order valence-corrected chi connectivity index (χ0v) is 11.6. The van der Waals surface area contributed by atoms with E-state index in [-0.39, 0.29) is 11.7 Å². The van der Waals surface area contributed by atoms with Crippen molar-refractivity contribution in [1.82, 2.24) is 0 Å². The van der Waals surface area contributed by atoms with Gasteiger partial charge in [-0.15, -0.1) is 0 Å². The second-order valence-electron chi connectivity index (χ2n) is 5.52. The molecule has 0 bridgehead atoms. The molecule has 96 valence electrons. The Morgan fingerprint density at radius 2 is 1.71 bits per heavy atom. The SMILES string of the molecule is COC(C)(C)CC(O)Cc1cc(C)cc(C)c1. The van der Waals surface area contributed by atoms with Gasteiger partial charge in [-0.2, -0.15) is 0 Å². The van der Waals surface area contributed by atoms with Crippen LogP contribution in [0.3, 0.4) is 0 Å². The molecule has 0 aromatic heterocycles. The van der Waals surface area contributed by atoms with E-state index in [4.69, 9.17) is 4.74 Å². The molecule has 0 fully saturated rings. The highest BCUT2D eigenvalue weighted by atomic mass is 16.5. The first-order valence-corrected chi connectivity index (χ1v) is 6.13. The van der Waals surface area contributed by atoms with Gasteiger partial charge in [-0.3, -0.25) is 0 Å². The number of hydrogen-bond acceptors (Lipinski definition) is 2. The molecule has 17 heavy (non-hydrogen) atoms. The molecule has 0 aliphatic heterocycles. The molecule has 0 aliphatic carbocycles. The Morgan fingerprint density at radius 3 is 2.18 bits per heavy atom. The van der Waals surface area contributed by atoms with Crippen molar-refractivity contribution in [3.8, 4) is 0 Å². The van der Waals surface area contributed by atoms with Crippen LogP contribution in [0.15, 0.2) is 18.2 Å². The Balaban J connectivity index is 2.65. The van der Waals surface area contributed by atoms with E-state index < -0.39 is 0 Å². The summed E-state index contributed by atoms with van der Waals surface area (Å²) < 4.78 is 5.33. The van der Waals surface area contributed by atoms with E-state index in [1.165, 1.54) is 16.7 Å². The first-order valence-electron chi connectivity index (χ1n) is 6.13. The standard InChI is InChI=1S/C15H24O2/c1-11-6-12(2)8-13(7-11)9-14(16)10-15(3,4)17-5/h6-8,14,16H,9-10H2,1-5H3. The average molecular weight is 236 g/mol. The molecule has 1 N–H and O–H groups in total. The van der Waals surface area contributed by atoms with Gasteiger partial charge in [0.2, 0.25) is 0 Å². The Bertz CT molecular complexity index is 349. The summed E-state index contributed by atoms with van der Waals surface area (Å²) in [7, 11) is 1.68. The molecule has 0 radical (unpaired) electrons. The molecule has 1 unspecified atom stereocenters. The molecule has 1 atom stereocenters. The molecule has 0 amide bonds. The number of ether oxygens (including phenoxy) is 1. The van der Waals surface area contributed by atoms with Crippen molar-refractivity contribution >= 4 is 0 Å². The van der Waals surface area contributed by atoms with Gasteiger partial charge >= 0.3 is 0 Å². The van der Waals surface area contributed by atoms with Crippen LogP contribution in [-0.4, -0.2) is 23.9 Å². The van der Waals surface area contributed by atoms with Crippen molar-refractivity contribution < 1.29 is 9.84 Å². The highest BCUT2D eigenvalue weighted by molar-refractivity contribution is 5.28. The Hall–Kier alpha value is -0.860. The molecule has 1 aromatic carbocycles. The number of methoxy groups -OCH3 is 1. The van der Waals surface area contributed by atoms with E-state index in [0.717, 1.165) is 0 Å². The maximum atomic E-state index is 10.1. The van der Waals surface area contributed by atoms with Crippen molar-refractivity contribution in [2.24, 2.45) is 0 Å². The van der Waals surface area contributed by atoms with E-state index in [1.54, 1.807) is 7.11 Å². The molecule has 0 saturated heterocycles. The van der Waals surface area contributed by atoms with Crippen LogP contribution in [0.1, 0.15) is 37.0 Å². The summed E-state index contributed by atoms with van der Waals surface area (Å²) in [5.74, 6) is 0. The molecular weight excluding hydrogens is 212 g/mol. The van der Waals surface area contributed by atoms with E-state index in [0.29, 0.717) is 12.8 Å². The summed E-state index contributed by atoms with van der Waals surface area (Å²) in [6.45, 7) is 8.17. The molecule has 2 nitrogen and oxygen atoms in total. The van der Waals surface area contributed by atoms with Crippen LogP contribution < -0.4 is 0 Å². The minimum Gasteiger partial charge on any atom is -0.393 e. The van der Waals surface area contributed by atoms with Crippen molar-refractivity contribution in [2.45, 2.75) is 52.2 Å². The topological polar surface area (TPSA) is 29.5 Å². The van der Waals surface area contributed by atoms with E-state index >= 15 is 0 Å². The highest BCUT2D eigenvalue weighted by Crippen LogP contribution is 2.19. The summed E-state index contributed by atoms with van der Waals surface area (Å²) >= 11 is 0. The summed E-state index contributed by atoms with van der Waals surface area (Å²) in [5, 5.41) is 10.1. The van der Waals surface area contributed by atoms with E-state index in [2.05, 4.69) is 32.0 Å². The number of aliphatic hydroxyl groups is 1. The van der Waals surface area contributed by atoms with E-state index in [9.17, 15) is 5.11 Å². The predicted octanol–water partition coefficient (Wildman–Crippen LogP) is 3.02. The van der Waals surface area contributed by atoms with Gasteiger partial charge in [0.1, 0.15) is 0 Å². The lowest BCUT2D eigenvalue weighted by Crippen LogP contribution is -2.29. The van der Waals surface area contributed by atoms with Crippen molar-refractivity contribution in [3.63, 3.8) is 0 Å². The number of hydrogen-bond donors (Lipinski definition) is 1. The first kappa shape index (κ1) is 14.2. The Morgan fingerprint density at radius 1 is 1.18 bits per heavy atom. The van der Waals surface area contributed by atoms with Gasteiger partial charge in [-0.05, 0) is 39.7 Å². The van der Waals surface area contributed by atoms with Gasteiger partial charge in [0, 0.05) is 13.5 Å². The normalized spacial score (nSPS) is 13.8. The predicted molar refractivity (Wildman–Crippen MR) is 71.3 cm³/mol. The highest BCUT2D eigenvalue weighted by Gasteiger charge is 2.21. The summed E-state index contributed by atoms with van der Waals surface area (Å²) in [6.07, 6.45) is 0.984. The zero-order valence-electron chi connectivity index (χ0n) is 11.6. The van der Waals surface area contributed by atoms with Crippen molar-refractivity contribution in [2.75, 3.05) is 7.11 Å². The minimum absolute atomic E-state index is 0.266. The van der Waals surface area contributed by atoms with Crippen LogP contribution in [0, 0.1) is 13.8 Å². The lowest BCUT2D eigenvalue weighted by molar-refractivity contribution is -0.0190. The summed E-state index contributed by atoms with van der Waals surface area (Å²) in [6, 6.07) is 6.42. The quantitative estimate of drug-likeness (QED) is 0.851. The second kappa shape index (κ2) is 5.65. The van der Waals surface area contributed by atoms with Gasteiger partial charge in [-0.25, -0.2) is 0 Å². The lowest BCUT2D eigenvalue weighted by atomic mass is 9.95. The van der Waals surface area contributed by atoms with Crippen LogP contribution in [0.25, 0.3) is 0 Å². The smallest absolute Gasteiger partial charge is 0.0647 e. The van der Waals surface area contributed by atoms with Gasteiger partial charge in [-0.1, -0.05) is 29.3 Å². The maximum Gasteiger partial charge on any atom is 0.0647 e. The number of benzene rings is 1. The fraction of sp³-hybridized carbons (Fsp3) is 0.600. The zero-order chi connectivity index (χ0) is 13.1. The van der Waals surface area contributed by atoms with Gasteiger partial charge in [0.05, 0.1) is 11.7 Å². The average Bonchev–Trinajstić information content (AvgIpc) is 2.14. The van der Waals surface area contributed by atoms with Gasteiger partial charge in [0.25, 0.3) is 0 Å². The van der Waals surface area contributed by atoms with Gasteiger partial charge < -0.3 is 9.84 Å². The third kappa shape index (κ3) is 4.88. The minimum atomic E-state index is -0.355. The second-order valence-corrected chi connectivity index (χ2v) is 5.52. The maximum absolute atomic E-state index is 10.1. The molecule has 2 heteroatoms. The van der Waals surface area contributed by atoms with Crippen LogP contribution in [-0.2, 0) is 11.2 Å². The summed E-state index contributed by atoms with van der Waals surface area (Å²) in [4.78, 5) is 0. The summed E-state index contributed by atoms with van der Waals surface area (Å²) in [5.41, 5.74) is 3.43. The molecule has 0 saturated carbocycles. The third-order valence-corrected chi connectivity index (χ3v) is 3.03.